The number of primary sulfonamides is 2. The molecule has 0 unspecified atom stereocenters. The molecule has 4 rings (SSSR count). The van der Waals surface area contributed by atoms with Crippen molar-refractivity contribution in [2.45, 2.75) is 49.2 Å². The smallest absolute Gasteiger partial charge is 0.231 e. The monoisotopic (exact) mass is 548 g/mol. The van der Waals surface area contributed by atoms with Crippen LogP contribution in [-0.4, -0.2) is 52.3 Å². The maximum Gasteiger partial charge on any atom is 0.257 e. The summed E-state index contributed by atoms with van der Waals surface area (Å²) in [5.74, 6) is 0. The fourth-order valence-corrected chi connectivity index (χ4v) is 5.31. The predicted octanol–water partition coefficient (Wildman–Crippen LogP) is 1.89. The van der Waals surface area contributed by atoms with Crippen LogP contribution in [0.4, 0.5) is 0 Å². The third kappa shape index (κ3) is 5.67. The van der Waals surface area contributed by atoms with Crippen LogP contribution in [0, 0.1) is 0 Å². The molecule has 12 nitrogen and oxygen atoms in total. The van der Waals surface area contributed by atoms with Gasteiger partial charge < -0.3 is 0 Å². The number of nitrogens with zero attached hydrogens (tertiary/aromatic N) is 6. The quantitative estimate of drug-likeness (QED) is 0.352. The minimum Gasteiger partial charge on any atom is -0.231 e. The Morgan fingerprint density at radius 2 is 1.29 bits per heavy atom. The molecule has 4 N–H and O–H groups in total. The molecule has 0 atom stereocenters. The second-order valence-corrected chi connectivity index (χ2v) is 10.8. The van der Waals surface area contributed by atoms with Crippen LogP contribution in [0.2, 0.25) is 5.15 Å². The molecule has 16 heteroatoms. The molecule has 0 spiro atoms. The van der Waals surface area contributed by atoms with E-state index in [0.717, 1.165) is 4.52 Å². The number of hydrogen-bond acceptors (Lipinski definition) is 9. The van der Waals surface area contributed by atoms with Gasteiger partial charge in [0.15, 0.2) is 21.3 Å². The van der Waals surface area contributed by atoms with E-state index in [9.17, 15) is 16.8 Å². The molecule has 34 heavy (non-hydrogen) atoms. The highest BCUT2D eigenvalue weighted by Gasteiger charge is 2.22. The fourth-order valence-electron chi connectivity index (χ4n) is 3.02. The summed E-state index contributed by atoms with van der Waals surface area (Å²) in [7, 11) is -7.69. The van der Waals surface area contributed by atoms with Crippen molar-refractivity contribution in [3.63, 3.8) is 0 Å². The number of hydrogen-bond donors (Lipinski definition) is 2. The molecule has 0 saturated carbocycles. The lowest BCUT2D eigenvalue weighted by atomic mass is 10.4. The molecule has 186 valence electrons. The van der Waals surface area contributed by atoms with Crippen molar-refractivity contribution in [1.82, 2.24) is 29.2 Å². The van der Waals surface area contributed by atoms with E-state index >= 15 is 0 Å². The van der Waals surface area contributed by atoms with E-state index in [-0.39, 0.29) is 22.6 Å². The van der Waals surface area contributed by atoms with Crippen molar-refractivity contribution in [3.8, 4) is 0 Å². The molecule has 0 saturated heterocycles. The maximum absolute atomic E-state index is 11.6. The highest BCUT2D eigenvalue weighted by Crippen LogP contribution is 2.20. The number of imidazole rings is 2. The van der Waals surface area contributed by atoms with Gasteiger partial charge in [-0.3, -0.25) is 0 Å². The van der Waals surface area contributed by atoms with Crippen molar-refractivity contribution in [2.24, 2.45) is 10.3 Å². The molecule has 0 radical (unpaired) electrons. The van der Waals surface area contributed by atoms with E-state index in [2.05, 4.69) is 20.2 Å². The lowest BCUT2D eigenvalue weighted by molar-refractivity contribution is 0.585. The minimum absolute atomic E-state index is 0. The molecule has 0 aromatic carbocycles. The van der Waals surface area contributed by atoms with Crippen LogP contribution in [0.3, 0.4) is 0 Å². The number of thioether (sulfide) groups is 1. The summed E-state index contributed by atoms with van der Waals surface area (Å²) in [6.07, 6.45) is 2.80. The predicted molar refractivity (Wildman–Crippen MR) is 131 cm³/mol. The molecular weight excluding hydrogens is 524 g/mol. The second-order valence-electron chi connectivity index (χ2n) is 6.60. The van der Waals surface area contributed by atoms with Gasteiger partial charge in [-0.2, -0.15) is 19.2 Å². The van der Waals surface area contributed by atoms with Crippen LogP contribution < -0.4 is 10.3 Å². The van der Waals surface area contributed by atoms with Crippen LogP contribution in [0.1, 0.15) is 32.7 Å². The summed E-state index contributed by atoms with van der Waals surface area (Å²) in [5.41, 5.74) is 1.73. The van der Waals surface area contributed by atoms with E-state index < -0.39 is 20.0 Å². The summed E-state index contributed by atoms with van der Waals surface area (Å²) in [4.78, 5) is 8.33. The number of fused-ring (bicyclic) bond motifs is 2. The number of aryl methyl sites for hydroxylation is 2. The minimum atomic E-state index is -3.87. The first-order valence-corrected chi connectivity index (χ1v) is 14.1. The Morgan fingerprint density at radius 1 is 0.853 bits per heavy atom. The molecule has 0 amide bonds. The van der Waals surface area contributed by atoms with Crippen LogP contribution in [0.25, 0.3) is 11.3 Å². The zero-order chi connectivity index (χ0) is 24.6. The number of halogens is 1. The van der Waals surface area contributed by atoms with E-state index in [1.807, 2.05) is 13.2 Å². The first-order chi connectivity index (χ1) is 15.4. The van der Waals surface area contributed by atoms with Crippen LogP contribution in [0.5, 0.6) is 0 Å². The van der Waals surface area contributed by atoms with Crippen molar-refractivity contribution in [1.29, 1.82) is 0 Å². The van der Waals surface area contributed by atoms with Gasteiger partial charge >= 0.3 is 0 Å². The first kappa shape index (κ1) is 27.9. The van der Waals surface area contributed by atoms with Gasteiger partial charge in [-0.1, -0.05) is 32.9 Å². The zero-order valence-corrected chi connectivity index (χ0v) is 21.0. The maximum atomic E-state index is 11.6. The van der Waals surface area contributed by atoms with Gasteiger partial charge in [0.25, 0.3) is 20.0 Å². The summed E-state index contributed by atoms with van der Waals surface area (Å²) in [6.45, 7) is 3.62. The molecule has 0 aliphatic heterocycles. The Kier molecular flexibility index (Phi) is 8.66. The highest BCUT2D eigenvalue weighted by atomic mass is 35.5. The molecule has 4 aromatic heterocycles. The van der Waals surface area contributed by atoms with E-state index in [1.165, 1.54) is 22.3 Å². The third-order valence-electron chi connectivity index (χ3n) is 4.37. The second kappa shape index (κ2) is 10.5. The Bertz CT molecular complexity index is 1550. The Morgan fingerprint density at radius 3 is 1.71 bits per heavy atom. The van der Waals surface area contributed by atoms with Gasteiger partial charge in [-0.05, 0) is 43.4 Å². The van der Waals surface area contributed by atoms with Gasteiger partial charge in [-0.15, -0.1) is 11.8 Å². The van der Waals surface area contributed by atoms with Gasteiger partial charge in [0, 0.05) is 0 Å². The average molecular weight is 549 g/mol. The fraction of sp³-hybridized carbons (Fsp3) is 0.333. The summed E-state index contributed by atoms with van der Waals surface area (Å²) < 4.78 is 48.4. The van der Waals surface area contributed by atoms with Crippen molar-refractivity contribution < 1.29 is 16.8 Å². The van der Waals surface area contributed by atoms with E-state index in [4.69, 9.17) is 21.9 Å². The number of aromatic nitrogens is 6. The Hall–Kier alpha value is -2.30. The Balaban J connectivity index is 0.000000234. The van der Waals surface area contributed by atoms with Crippen molar-refractivity contribution in [2.75, 3.05) is 6.26 Å². The van der Waals surface area contributed by atoms with Crippen molar-refractivity contribution >= 4 is 54.7 Å². The first-order valence-electron chi connectivity index (χ1n) is 9.43. The number of sulfonamides is 2. The molecule has 4 heterocycles. The topological polar surface area (TPSA) is 181 Å². The highest BCUT2D eigenvalue weighted by molar-refractivity contribution is 7.98. The van der Waals surface area contributed by atoms with Gasteiger partial charge in [-0.25, -0.2) is 37.1 Å². The molecule has 0 aliphatic rings. The summed E-state index contributed by atoms with van der Waals surface area (Å²) in [5, 5.41) is 19.1. The normalized spacial score (nSPS) is 11.8. The summed E-state index contributed by atoms with van der Waals surface area (Å²) >= 11 is 7.12. The standard InChI is InChI=1S/C9H12N4O2S2.C8H9ClN4O2S.CH4/c1-3-6-9(17(10,14)15)13-7(11-6)4-5-8(12-13)16-2;1-2-5-8(16(10,14)15)13-7(11-5)4-3-6(9)12-13;/h4-5H,3H2,1-2H3,(H2,10,14,15);3-4H,2H2,1H3,(H2,10,14,15);1H4. The lowest BCUT2D eigenvalue weighted by Crippen LogP contribution is -2.17. The van der Waals surface area contributed by atoms with Gasteiger partial charge in [0.05, 0.1) is 11.4 Å². The zero-order valence-electron chi connectivity index (χ0n) is 17.8. The third-order valence-corrected chi connectivity index (χ3v) is 7.10. The molecule has 0 fully saturated rings. The molecule has 0 aliphatic carbocycles. The molecule has 4 aromatic rings. The number of rotatable bonds is 5. The van der Waals surface area contributed by atoms with E-state index in [1.54, 1.807) is 25.1 Å². The Labute approximate surface area is 206 Å². The average Bonchev–Trinajstić information content (AvgIpc) is 3.30. The van der Waals surface area contributed by atoms with Gasteiger partial charge in [0.1, 0.15) is 10.2 Å². The largest absolute Gasteiger partial charge is 0.257 e. The van der Waals surface area contributed by atoms with Crippen LogP contribution in [-0.2, 0) is 32.9 Å². The lowest BCUT2D eigenvalue weighted by Gasteiger charge is -2.01. The molecular formula is C18H25ClN8O4S3. The van der Waals surface area contributed by atoms with E-state index in [0.29, 0.717) is 40.5 Å². The molecule has 0 bridgehead atoms. The van der Waals surface area contributed by atoms with Crippen LogP contribution in [0.15, 0.2) is 39.3 Å². The van der Waals surface area contributed by atoms with Crippen LogP contribution >= 0.6 is 23.4 Å². The summed E-state index contributed by atoms with van der Waals surface area (Å²) in [6, 6.07) is 6.64. The number of nitrogens with two attached hydrogens (primary N) is 2. The van der Waals surface area contributed by atoms with Gasteiger partial charge in [0.2, 0.25) is 0 Å². The SMILES string of the molecule is C.CCc1nc2ccc(Cl)nn2c1S(N)(=O)=O.CCc1nc2ccc(SC)nn2c1S(N)(=O)=O. The van der Waals surface area contributed by atoms with Crippen molar-refractivity contribution in [3.05, 3.63) is 40.8 Å².